The van der Waals surface area contributed by atoms with Gasteiger partial charge in [-0.1, -0.05) is 30.8 Å². The van der Waals surface area contributed by atoms with E-state index in [9.17, 15) is 4.79 Å². The van der Waals surface area contributed by atoms with E-state index in [0.717, 1.165) is 16.6 Å². The fourth-order valence-electron chi connectivity index (χ4n) is 2.95. The minimum Gasteiger partial charge on any atom is -0.340 e. The smallest absolute Gasteiger partial charge is 0.197 e. The van der Waals surface area contributed by atoms with Crippen molar-refractivity contribution in [2.45, 2.75) is 26.0 Å². The average molecular weight is 309 g/mol. The Hall–Kier alpha value is -2.43. The largest absolute Gasteiger partial charge is 0.340 e. The van der Waals surface area contributed by atoms with E-state index >= 15 is 0 Å². The summed E-state index contributed by atoms with van der Waals surface area (Å²) in [5.41, 5.74) is 2.58. The van der Waals surface area contributed by atoms with Gasteiger partial charge < -0.3 is 4.57 Å². The summed E-state index contributed by atoms with van der Waals surface area (Å²) in [5, 5.41) is 10.4. The Morgan fingerprint density at radius 2 is 1.65 bits per heavy atom. The Morgan fingerprint density at radius 1 is 1.13 bits per heavy atom. The van der Waals surface area contributed by atoms with Gasteiger partial charge in [0, 0.05) is 17.3 Å². The number of fused-ring (bicyclic) bond motifs is 2. The van der Waals surface area contributed by atoms with Gasteiger partial charge >= 0.3 is 0 Å². The normalized spacial score (nSPS) is 12.6. The molecule has 1 heterocycles. The highest BCUT2D eigenvalue weighted by molar-refractivity contribution is 5.93. The van der Waals surface area contributed by atoms with Crippen LogP contribution >= 0.6 is 0 Å². The highest BCUT2D eigenvalue weighted by Crippen LogP contribution is 2.20. The van der Waals surface area contributed by atoms with Crippen LogP contribution in [-0.4, -0.2) is 15.9 Å². The van der Waals surface area contributed by atoms with Crippen molar-refractivity contribution in [3.8, 4) is 0 Å². The molecule has 0 amide bonds. The molecule has 0 aliphatic rings. The number of hydrogen-bond donors (Lipinski definition) is 1. The van der Waals surface area contributed by atoms with E-state index in [1.165, 1.54) is 0 Å². The van der Waals surface area contributed by atoms with E-state index in [4.69, 9.17) is 5.26 Å². The molecule has 0 aliphatic heterocycles. The highest BCUT2D eigenvalue weighted by atomic mass is 17.1. The topological polar surface area (TPSA) is 51.5 Å². The van der Waals surface area contributed by atoms with Crippen molar-refractivity contribution in [2.75, 3.05) is 0 Å². The molecule has 0 spiro atoms. The summed E-state index contributed by atoms with van der Waals surface area (Å²) in [6, 6.07) is 15.2. The van der Waals surface area contributed by atoms with Crippen LogP contribution in [0.5, 0.6) is 0 Å². The second kappa shape index (κ2) is 6.36. The van der Waals surface area contributed by atoms with Crippen molar-refractivity contribution in [3.05, 3.63) is 70.9 Å². The fourth-order valence-corrected chi connectivity index (χ4v) is 2.95. The first-order valence-electron chi connectivity index (χ1n) is 7.59. The quantitative estimate of drug-likeness (QED) is 0.336. The van der Waals surface area contributed by atoms with E-state index in [2.05, 4.69) is 16.0 Å². The maximum Gasteiger partial charge on any atom is 0.197 e. The molecule has 23 heavy (non-hydrogen) atoms. The zero-order valence-electron chi connectivity index (χ0n) is 13.0. The molecule has 4 nitrogen and oxygen atoms in total. The number of aromatic nitrogens is 1. The first-order valence-corrected chi connectivity index (χ1v) is 7.59. The van der Waals surface area contributed by atoms with Gasteiger partial charge in [-0.25, -0.2) is 4.89 Å². The molecule has 3 rings (SSSR count). The molecule has 2 aromatic carbocycles. The Kier molecular flexibility index (Phi) is 4.28. The first-order chi connectivity index (χ1) is 11.1. The van der Waals surface area contributed by atoms with Crippen molar-refractivity contribution < 1.29 is 10.1 Å². The van der Waals surface area contributed by atoms with Crippen molar-refractivity contribution in [3.63, 3.8) is 0 Å². The second-order valence-electron chi connectivity index (χ2n) is 5.74. The molecule has 0 aliphatic carbocycles. The lowest BCUT2D eigenvalue weighted by molar-refractivity contribution is -0.269. The molecule has 0 bridgehead atoms. The van der Waals surface area contributed by atoms with E-state index in [0.29, 0.717) is 23.7 Å². The summed E-state index contributed by atoms with van der Waals surface area (Å²) in [5.74, 6) is 0. The minimum absolute atomic E-state index is 0.0438. The number of hydrogen-bond acceptors (Lipinski definition) is 3. The Balaban J connectivity index is 2.18. The van der Waals surface area contributed by atoms with Crippen LogP contribution in [0.4, 0.5) is 0 Å². The third-order valence-electron chi connectivity index (χ3n) is 4.17. The number of rotatable bonds is 5. The number of para-hydroxylation sites is 2. The summed E-state index contributed by atoms with van der Waals surface area (Å²) in [4.78, 5) is 17.2. The van der Waals surface area contributed by atoms with Crippen molar-refractivity contribution in [1.29, 1.82) is 0 Å². The van der Waals surface area contributed by atoms with E-state index < -0.39 is 6.10 Å². The molecule has 0 radical (unpaired) electrons. The summed E-state index contributed by atoms with van der Waals surface area (Å²) in [7, 11) is 0. The zero-order valence-corrected chi connectivity index (χ0v) is 13.0. The predicted octanol–water partition coefficient (Wildman–Crippen LogP) is 3.98. The van der Waals surface area contributed by atoms with Crippen LogP contribution in [0.25, 0.3) is 21.8 Å². The zero-order chi connectivity index (χ0) is 16.4. The van der Waals surface area contributed by atoms with Crippen molar-refractivity contribution >= 4 is 21.8 Å². The van der Waals surface area contributed by atoms with Crippen LogP contribution in [0.2, 0.25) is 0 Å². The maximum atomic E-state index is 12.7. The maximum absolute atomic E-state index is 12.7. The van der Waals surface area contributed by atoms with Gasteiger partial charge in [0.05, 0.1) is 11.0 Å². The highest BCUT2D eigenvalue weighted by Gasteiger charge is 2.14. The monoisotopic (exact) mass is 309 g/mol. The van der Waals surface area contributed by atoms with Crippen molar-refractivity contribution in [1.82, 2.24) is 4.57 Å². The summed E-state index contributed by atoms with van der Waals surface area (Å²) in [6.07, 6.45) is 0.148. The standard InChI is InChI=1S/C19H19NO3/c1-13(2)18(23-22)11-12-20-16-9-5-3-7-14(16)19(21)15-8-4-6-10-17(15)20/h3-10,18,22H,1,11-12H2,2H3. The Bertz CT molecular complexity index is 867. The number of benzene rings is 2. The van der Waals surface area contributed by atoms with Crippen LogP contribution in [0, 0.1) is 0 Å². The number of pyridine rings is 1. The van der Waals surface area contributed by atoms with Gasteiger partial charge in [-0.05, 0) is 43.2 Å². The average Bonchev–Trinajstić information content (AvgIpc) is 2.58. The molecule has 4 heteroatoms. The third kappa shape index (κ3) is 2.79. The van der Waals surface area contributed by atoms with Crippen LogP contribution in [0.15, 0.2) is 65.5 Å². The number of nitrogens with zero attached hydrogens (tertiary/aromatic N) is 1. The van der Waals surface area contributed by atoms with Gasteiger partial charge in [0.15, 0.2) is 5.43 Å². The summed E-state index contributed by atoms with van der Waals surface area (Å²) >= 11 is 0. The Morgan fingerprint density at radius 3 is 2.13 bits per heavy atom. The van der Waals surface area contributed by atoms with E-state index in [1.54, 1.807) is 0 Å². The molecule has 1 unspecified atom stereocenters. The predicted molar refractivity (Wildman–Crippen MR) is 92.6 cm³/mol. The lowest BCUT2D eigenvalue weighted by Crippen LogP contribution is -2.17. The lowest BCUT2D eigenvalue weighted by Gasteiger charge is -2.18. The van der Waals surface area contributed by atoms with Gasteiger partial charge in [0.2, 0.25) is 0 Å². The molecular formula is C19H19NO3. The Labute approximate surface area is 134 Å². The molecule has 3 aromatic rings. The second-order valence-corrected chi connectivity index (χ2v) is 5.74. The minimum atomic E-state index is -0.424. The molecule has 1 aromatic heterocycles. The summed E-state index contributed by atoms with van der Waals surface area (Å²) in [6.45, 7) is 6.27. The lowest BCUT2D eigenvalue weighted by atomic mass is 10.1. The van der Waals surface area contributed by atoms with Crippen LogP contribution in [0.1, 0.15) is 13.3 Å². The number of aryl methyl sites for hydroxylation is 1. The molecule has 1 atom stereocenters. The SMILES string of the molecule is C=C(C)C(CCn1c2ccccc2c(=O)c2ccccc21)OO. The van der Waals surface area contributed by atoms with Gasteiger partial charge in [0.25, 0.3) is 0 Å². The van der Waals surface area contributed by atoms with Crippen LogP contribution in [-0.2, 0) is 11.4 Å². The molecule has 1 N–H and O–H groups in total. The van der Waals surface area contributed by atoms with E-state index in [-0.39, 0.29) is 5.43 Å². The van der Waals surface area contributed by atoms with Crippen LogP contribution in [0.3, 0.4) is 0 Å². The summed E-state index contributed by atoms with van der Waals surface area (Å²) < 4.78 is 2.10. The van der Waals surface area contributed by atoms with Crippen LogP contribution < -0.4 is 5.43 Å². The van der Waals surface area contributed by atoms with Crippen molar-refractivity contribution in [2.24, 2.45) is 0 Å². The first kappa shape index (κ1) is 15.5. The van der Waals surface area contributed by atoms with Gasteiger partial charge in [-0.2, -0.15) is 0 Å². The van der Waals surface area contributed by atoms with Gasteiger partial charge in [-0.15, -0.1) is 0 Å². The molecule has 118 valence electrons. The van der Waals surface area contributed by atoms with Gasteiger partial charge in [0.1, 0.15) is 6.10 Å². The molecule has 0 fully saturated rings. The van der Waals surface area contributed by atoms with Gasteiger partial charge in [-0.3, -0.25) is 10.1 Å². The fraction of sp³-hybridized carbons (Fsp3) is 0.211. The van der Waals surface area contributed by atoms with E-state index in [1.807, 2.05) is 55.5 Å². The molecular weight excluding hydrogens is 290 g/mol. The third-order valence-corrected chi connectivity index (χ3v) is 4.17. The molecule has 0 saturated heterocycles. The molecule has 0 saturated carbocycles.